The Morgan fingerprint density at radius 1 is 1.09 bits per heavy atom. The van der Waals surface area contributed by atoms with Crippen LogP contribution in [0.4, 0.5) is 0 Å². The number of hydrogen-bond donors (Lipinski definition) is 0. The van der Waals surface area contributed by atoms with Gasteiger partial charge in [0.25, 0.3) is 11.3 Å². The van der Waals surface area contributed by atoms with Crippen molar-refractivity contribution in [1.82, 2.24) is 9.19 Å². The number of aryl methyl sites for hydroxylation is 2. The number of benzene rings is 1. The Morgan fingerprint density at radius 3 is 2.22 bits per heavy atom. The van der Waals surface area contributed by atoms with Crippen molar-refractivity contribution < 1.29 is 8.39 Å². The molecule has 23 heavy (non-hydrogen) atoms. The van der Waals surface area contributed by atoms with Gasteiger partial charge in [-0.3, -0.25) is 4.18 Å². The summed E-state index contributed by atoms with van der Waals surface area (Å²) in [6, 6.07) is 2.22. The Bertz CT molecular complexity index is 776. The molecule has 1 aromatic carbocycles. The van der Waals surface area contributed by atoms with E-state index in [4.69, 9.17) is 4.18 Å². The van der Waals surface area contributed by atoms with Crippen LogP contribution in [-0.4, -0.2) is 20.5 Å². The highest BCUT2D eigenvalue weighted by Gasteiger charge is 2.22. The van der Waals surface area contributed by atoms with Crippen LogP contribution in [0.25, 0.3) is 11.3 Å². The first kappa shape index (κ1) is 17.9. The van der Waals surface area contributed by atoms with E-state index >= 15 is 0 Å². The van der Waals surface area contributed by atoms with Crippen molar-refractivity contribution in [3.05, 3.63) is 39.6 Å². The predicted octanol–water partition coefficient (Wildman–Crippen LogP) is 4.29. The fourth-order valence-corrected chi connectivity index (χ4v) is 4.11. The lowest BCUT2D eigenvalue weighted by molar-refractivity contribution is 0.434. The highest BCUT2D eigenvalue weighted by atomic mass is 32.2. The standard InChI is InChI=1S/C18H26N2O2S/c1-10(2)16-11(3)9-12(4)17(14(16)6)18-13(5)15(7)20(19-18)23(21)22-8/h9-10H,1-8H3. The van der Waals surface area contributed by atoms with Gasteiger partial charge in [-0.1, -0.05) is 19.9 Å². The molecule has 2 rings (SSSR count). The van der Waals surface area contributed by atoms with Crippen LogP contribution in [0.15, 0.2) is 6.07 Å². The fraction of sp³-hybridized carbons (Fsp3) is 0.500. The molecular weight excluding hydrogens is 308 g/mol. The van der Waals surface area contributed by atoms with Crippen molar-refractivity contribution in [2.45, 2.75) is 54.4 Å². The van der Waals surface area contributed by atoms with E-state index in [0.717, 1.165) is 22.5 Å². The van der Waals surface area contributed by atoms with Crippen molar-refractivity contribution in [2.75, 3.05) is 7.11 Å². The number of rotatable bonds is 4. The third-order valence-corrected chi connectivity index (χ3v) is 5.43. The van der Waals surface area contributed by atoms with E-state index in [0.29, 0.717) is 5.92 Å². The fourth-order valence-electron chi connectivity index (χ4n) is 3.46. The number of hydrogen-bond acceptors (Lipinski definition) is 3. The lowest BCUT2D eigenvalue weighted by Gasteiger charge is -2.19. The van der Waals surface area contributed by atoms with Gasteiger partial charge in [0.15, 0.2) is 0 Å². The van der Waals surface area contributed by atoms with Crippen LogP contribution in [0, 0.1) is 34.6 Å². The molecule has 5 heteroatoms. The minimum atomic E-state index is -1.59. The Morgan fingerprint density at radius 2 is 1.70 bits per heavy atom. The molecule has 0 saturated carbocycles. The molecule has 0 amide bonds. The lowest BCUT2D eigenvalue weighted by Crippen LogP contribution is -2.09. The van der Waals surface area contributed by atoms with Crippen LogP contribution in [0.2, 0.25) is 0 Å². The predicted molar refractivity (Wildman–Crippen MR) is 96.0 cm³/mol. The summed E-state index contributed by atoms with van der Waals surface area (Å²) in [5, 5.41) is 4.59. The molecule has 0 aliphatic heterocycles. The molecule has 126 valence electrons. The van der Waals surface area contributed by atoms with Gasteiger partial charge in [-0.2, -0.15) is 9.19 Å². The largest absolute Gasteiger partial charge is 0.285 e. The molecule has 1 unspecified atom stereocenters. The van der Waals surface area contributed by atoms with Gasteiger partial charge in [0, 0.05) is 5.56 Å². The average Bonchev–Trinajstić information content (AvgIpc) is 2.74. The summed E-state index contributed by atoms with van der Waals surface area (Å²) in [5.74, 6) is 0.450. The summed E-state index contributed by atoms with van der Waals surface area (Å²) in [6.45, 7) is 14.8. The highest BCUT2D eigenvalue weighted by Crippen LogP contribution is 2.36. The third-order valence-electron chi connectivity index (χ3n) is 4.50. The quantitative estimate of drug-likeness (QED) is 0.838. The van der Waals surface area contributed by atoms with Gasteiger partial charge >= 0.3 is 0 Å². The molecule has 4 nitrogen and oxygen atoms in total. The first-order valence-corrected chi connectivity index (χ1v) is 8.87. The van der Waals surface area contributed by atoms with Crippen molar-refractivity contribution >= 4 is 11.3 Å². The second kappa shape index (κ2) is 6.57. The molecule has 0 spiro atoms. The number of aromatic nitrogens is 2. The van der Waals surface area contributed by atoms with Gasteiger partial charge in [0.2, 0.25) is 0 Å². The molecule has 2 aromatic rings. The van der Waals surface area contributed by atoms with E-state index < -0.39 is 11.3 Å². The molecule has 1 aromatic heterocycles. The minimum absolute atomic E-state index is 0.450. The van der Waals surface area contributed by atoms with E-state index in [1.165, 1.54) is 33.5 Å². The van der Waals surface area contributed by atoms with Gasteiger partial charge < -0.3 is 0 Å². The van der Waals surface area contributed by atoms with Crippen LogP contribution in [0.1, 0.15) is 53.3 Å². The molecule has 0 fully saturated rings. The van der Waals surface area contributed by atoms with Crippen molar-refractivity contribution in [1.29, 1.82) is 0 Å². The Hall–Kier alpha value is -1.46. The van der Waals surface area contributed by atoms with Crippen LogP contribution < -0.4 is 0 Å². The molecular formula is C18H26N2O2S. The summed E-state index contributed by atoms with van der Waals surface area (Å²) < 4.78 is 18.4. The zero-order chi connectivity index (χ0) is 17.5. The zero-order valence-electron chi connectivity index (χ0n) is 15.3. The second-order valence-electron chi connectivity index (χ2n) is 6.39. The Labute approximate surface area is 141 Å². The van der Waals surface area contributed by atoms with E-state index in [-0.39, 0.29) is 0 Å². The van der Waals surface area contributed by atoms with E-state index in [9.17, 15) is 4.21 Å². The molecule has 0 aliphatic carbocycles. The van der Waals surface area contributed by atoms with E-state index in [1.54, 1.807) is 0 Å². The molecule has 0 bridgehead atoms. The Kier molecular flexibility index (Phi) is 5.11. The summed E-state index contributed by atoms with van der Waals surface area (Å²) in [4.78, 5) is 0. The van der Waals surface area contributed by atoms with Crippen LogP contribution in [0.5, 0.6) is 0 Å². The zero-order valence-corrected chi connectivity index (χ0v) is 16.1. The monoisotopic (exact) mass is 334 g/mol. The smallest absolute Gasteiger partial charge is 0.276 e. The first-order chi connectivity index (χ1) is 10.7. The maximum atomic E-state index is 12.0. The first-order valence-electron chi connectivity index (χ1n) is 7.84. The van der Waals surface area contributed by atoms with Gasteiger partial charge in [-0.15, -0.1) is 0 Å². The summed E-state index contributed by atoms with van der Waals surface area (Å²) >= 11 is -1.59. The van der Waals surface area contributed by atoms with Crippen LogP contribution in [0.3, 0.4) is 0 Å². The topological polar surface area (TPSA) is 44.1 Å². The molecule has 1 atom stereocenters. The van der Waals surface area contributed by atoms with Gasteiger partial charge in [-0.05, 0) is 68.4 Å². The molecule has 0 N–H and O–H groups in total. The molecule has 0 radical (unpaired) electrons. The molecule has 0 aliphatic rings. The summed E-state index contributed by atoms with van der Waals surface area (Å²) in [7, 11) is 1.42. The molecule has 0 saturated heterocycles. The van der Waals surface area contributed by atoms with Crippen molar-refractivity contribution in [2.24, 2.45) is 0 Å². The van der Waals surface area contributed by atoms with Gasteiger partial charge in [-0.25, -0.2) is 4.21 Å². The SMILES string of the molecule is COS(=O)n1nc(-c2c(C)cc(C)c(C(C)C)c2C)c(C)c1C. The van der Waals surface area contributed by atoms with E-state index in [1.807, 2.05) is 13.8 Å². The highest BCUT2D eigenvalue weighted by molar-refractivity contribution is 7.78. The average molecular weight is 334 g/mol. The lowest BCUT2D eigenvalue weighted by atomic mass is 9.86. The van der Waals surface area contributed by atoms with E-state index in [2.05, 4.69) is 45.8 Å². The van der Waals surface area contributed by atoms with Gasteiger partial charge in [0.1, 0.15) is 0 Å². The van der Waals surface area contributed by atoms with Gasteiger partial charge in [0.05, 0.1) is 18.5 Å². The summed E-state index contributed by atoms with van der Waals surface area (Å²) in [5.41, 5.74) is 9.08. The summed E-state index contributed by atoms with van der Waals surface area (Å²) in [6.07, 6.45) is 0. The van der Waals surface area contributed by atoms with Crippen LogP contribution >= 0.6 is 0 Å². The maximum Gasteiger partial charge on any atom is 0.285 e. The second-order valence-corrected chi connectivity index (χ2v) is 7.51. The normalized spacial score (nSPS) is 12.9. The third kappa shape index (κ3) is 3.00. The number of nitrogens with zero attached hydrogens (tertiary/aromatic N) is 2. The van der Waals surface area contributed by atoms with Crippen molar-refractivity contribution in [3.63, 3.8) is 0 Å². The Balaban J connectivity index is 2.78. The maximum absolute atomic E-state index is 12.0. The van der Waals surface area contributed by atoms with Crippen molar-refractivity contribution in [3.8, 4) is 11.3 Å². The molecule has 1 heterocycles. The minimum Gasteiger partial charge on any atom is -0.276 e. The van der Waals surface area contributed by atoms with Crippen LogP contribution in [-0.2, 0) is 15.4 Å².